The first kappa shape index (κ1) is 15.6. The molecule has 0 aromatic heterocycles. The molecular weight excluding hydrogens is 302 g/mol. The van der Waals surface area contributed by atoms with Crippen LogP contribution >= 0.6 is 0 Å². The number of hydrogen-bond acceptors (Lipinski definition) is 5. The molecule has 3 rings (SSSR count). The Bertz CT molecular complexity index is 635. The number of carbonyl (C=O) groups is 2. The summed E-state index contributed by atoms with van der Waals surface area (Å²) in [7, 11) is 1.31. The maximum absolute atomic E-state index is 11.7. The zero-order chi connectivity index (χ0) is 16.6. The number of likely N-dealkylation sites (tertiary alicyclic amines) is 1. The number of fused-ring (bicyclic) bond motifs is 1. The number of aliphatic hydroxyl groups is 1. The van der Waals surface area contributed by atoms with E-state index in [1.54, 1.807) is 18.2 Å². The fraction of sp³-hybridized carbons (Fsp3) is 0.500. The van der Waals surface area contributed by atoms with Crippen LogP contribution in [-0.4, -0.2) is 53.0 Å². The van der Waals surface area contributed by atoms with Crippen LogP contribution < -0.4 is 4.74 Å². The predicted octanol–water partition coefficient (Wildman–Crippen LogP) is 1.80. The number of benzene rings is 1. The minimum absolute atomic E-state index is 0.360. The molecule has 124 valence electrons. The molecule has 0 bridgehead atoms. The Morgan fingerprint density at radius 3 is 2.65 bits per heavy atom. The van der Waals surface area contributed by atoms with Crippen molar-refractivity contribution in [2.75, 3.05) is 20.2 Å². The van der Waals surface area contributed by atoms with Crippen LogP contribution in [0, 0.1) is 0 Å². The van der Waals surface area contributed by atoms with Crippen LogP contribution in [0.25, 0.3) is 0 Å². The largest absolute Gasteiger partial charge is 0.487 e. The average Bonchev–Trinajstić information content (AvgIpc) is 2.53. The highest BCUT2D eigenvalue weighted by Gasteiger charge is 2.43. The second-order valence-electron chi connectivity index (χ2n) is 6.02. The van der Waals surface area contributed by atoms with Gasteiger partial charge < -0.3 is 24.6 Å². The maximum Gasteiger partial charge on any atom is 0.407 e. The molecule has 1 atom stereocenters. The van der Waals surface area contributed by atoms with Crippen molar-refractivity contribution in [2.45, 2.75) is 31.0 Å². The number of esters is 1. The first-order valence-corrected chi connectivity index (χ1v) is 7.51. The van der Waals surface area contributed by atoms with Crippen LogP contribution in [-0.2, 0) is 4.74 Å². The van der Waals surface area contributed by atoms with E-state index in [1.807, 2.05) is 0 Å². The Morgan fingerprint density at radius 1 is 1.35 bits per heavy atom. The Hall–Kier alpha value is -2.28. The molecule has 2 heterocycles. The molecule has 1 aromatic carbocycles. The Morgan fingerprint density at radius 2 is 2.04 bits per heavy atom. The van der Waals surface area contributed by atoms with Crippen molar-refractivity contribution in [3.05, 3.63) is 29.3 Å². The lowest BCUT2D eigenvalue weighted by atomic mass is 9.81. The molecule has 0 aliphatic carbocycles. The van der Waals surface area contributed by atoms with E-state index in [0.29, 0.717) is 49.2 Å². The second kappa shape index (κ2) is 5.73. The van der Waals surface area contributed by atoms with Gasteiger partial charge in [0.15, 0.2) is 0 Å². The molecule has 2 N–H and O–H groups in total. The monoisotopic (exact) mass is 321 g/mol. The van der Waals surface area contributed by atoms with Crippen molar-refractivity contribution >= 4 is 12.1 Å². The molecule has 7 heteroatoms. The van der Waals surface area contributed by atoms with Crippen molar-refractivity contribution in [3.8, 4) is 5.75 Å². The van der Waals surface area contributed by atoms with Gasteiger partial charge in [0, 0.05) is 37.9 Å². The number of aliphatic hydroxyl groups excluding tert-OH is 1. The Balaban J connectivity index is 1.84. The van der Waals surface area contributed by atoms with Gasteiger partial charge in [-0.1, -0.05) is 6.07 Å². The SMILES string of the molecule is COC(=O)c1ccc2c(c1)OC1(CCN(C(=O)O)CC1)CC2O. The second-order valence-corrected chi connectivity index (χ2v) is 6.02. The van der Waals surface area contributed by atoms with Gasteiger partial charge in [0.25, 0.3) is 0 Å². The molecule has 1 spiro atoms. The average molecular weight is 321 g/mol. The number of hydrogen-bond donors (Lipinski definition) is 2. The minimum Gasteiger partial charge on any atom is -0.487 e. The van der Waals surface area contributed by atoms with E-state index >= 15 is 0 Å². The molecule has 23 heavy (non-hydrogen) atoms. The standard InChI is InChI=1S/C16H19NO6/c1-22-14(19)10-2-3-11-12(18)9-16(23-13(11)8-10)4-6-17(7-5-16)15(20)21/h2-3,8,12,18H,4-7,9H2,1H3,(H,20,21). The van der Waals surface area contributed by atoms with Crippen LogP contribution in [0.5, 0.6) is 5.75 Å². The highest BCUT2D eigenvalue weighted by molar-refractivity contribution is 5.90. The molecule has 1 fully saturated rings. The summed E-state index contributed by atoms with van der Waals surface area (Å²) in [4.78, 5) is 24.0. The zero-order valence-electron chi connectivity index (χ0n) is 12.8. The Kier molecular flexibility index (Phi) is 3.89. The van der Waals surface area contributed by atoms with Crippen LogP contribution in [0.15, 0.2) is 18.2 Å². The van der Waals surface area contributed by atoms with Crippen LogP contribution in [0.4, 0.5) is 4.79 Å². The van der Waals surface area contributed by atoms with Crippen LogP contribution in [0.3, 0.4) is 0 Å². The predicted molar refractivity (Wildman–Crippen MR) is 79.5 cm³/mol. The van der Waals surface area contributed by atoms with Gasteiger partial charge in [0.1, 0.15) is 11.4 Å². The van der Waals surface area contributed by atoms with Gasteiger partial charge in [-0.2, -0.15) is 0 Å². The maximum atomic E-state index is 11.7. The summed E-state index contributed by atoms with van der Waals surface area (Å²) in [6, 6.07) is 4.85. The number of carboxylic acid groups (broad SMARTS) is 1. The van der Waals surface area contributed by atoms with Crippen molar-refractivity contribution in [3.63, 3.8) is 0 Å². The van der Waals surface area contributed by atoms with E-state index < -0.39 is 23.8 Å². The summed E-state index contributed by atoms with van der Waals surface area (Å²) in [5.41, 5.74) is 0.412. The minimum atomic E-state index is -0.940. The summed E-state index contributed by atoms with van der Waals surface area (Å²) >= 11 is 0. The van der Waals surface area contributed by atoms with E-state index in [0.717, 1.165) is 0 Å². The topological polar surface area (TPSA) is 96.3 Å². The molecule has 1 unspecified atom stereocenters. The van der Waals surface area contributed by atoms with E-state index in [-0.39, 0.29) is 0 Å². The lowest BCUT2D eigenvalue weighted by molar-refractivity contribution is -0.0503. The normalized spacial score (nSPS) is 22.2. The van der Waals surface area contributed by atoms with E-state index in [2.05, 4.69) is 0 Å². The number of methoxy groups -OCH3 is 1. The molecule has 1 saturated heterocycles. The first-order chi connectivity index (χ1) is 10.9. The van der Waals surface area contributed by atoms with E-state index in [9.17, 15) is 14.7 Å². The third kappa shape index (κ3) is 2.84. The first-order valence-electron chi connectivity index (χ1n) is 7.51. The number of amides is 1. The molecular formula is C16H19NO6. The number of carbonyl (C=O) groups excluding carboxylic acids is 1. The molecule has 1 aromatic rings. The van der Waals surface area contributed by atoms with E-state index in [4.69, 9.17) is 14.6 Å². The summed E-state index contributed by atoms with van der Waals surface area (Å²) in [5, 5.41) is 19.5. The van der Waals surface area contributed by atoms with Gasteiger partial charge in [-0.05, 0) is 12.1 Å². The number of piperidine rings is 1. The third-order valence-electron chi connectivity index (χ3n) is 4.63. The summed E-state index contributed by atoms with van der Waals surface area (Å²) in [5.74, 6) is 0.00151. The van der Waals surface area contributed by atoms with Crippen molar-refractivity contribution in [1.29, 1.82) is 0 Å². The van der Waals surface area contributed by atoms with Crippen molar-refractivity contribution in [2.24, 2.45) is 0 Å². The number of rotatable bonds is 1. The highest BCUT2D eigenvalue weighted by atomic mass is 16.5. The van der Waals surface area contributed by atoms with Crippen molar-refractivity contribution < 1.29 is 29.3 Å². The Labute approximate surface area is 133 Å². The van der Waals surface area contributed by atoms with Crippen LogP contribution in [0.1, 0.15) is 41.3 Å². The smallest absolute Gasteiger partial charge is 0.407 e. The molecule has 7 nitrogen and oxygen atoms in total. The number of ether oxygens (including phenoxy) is 2. The van der Waals surface area contributed by atoms with E-state index in [1.165, 1.54) is 12.0 Å². The quantitative estimate of drug-likeness (QED) is 0.766. The van der Waals surface area contributed by atoms with Gasteiger partial charge in [-0.3, -0.25) is 0 Å². The third-order valence-corrected chi connectivity index (χ3v) is 4.63. The summed E-state index contributed by atoms with van der Waals surface area (Å²) in [6.07, 6.45) is -0.187. The zero-order valence-corrected chi connectivity index (χ0v) is 12.8. The van der Waals surface area contributed by atoms with Gasteiger partial charge in [-0.15, -0.1) is 0 Å². The fourth-order valence-electron chi connectivity index (χ4n) is 3.29. The lowest BCUT2D eigenvalue weighted by Gasteiger charge is -2.45. The van der Waals surface area contributed by atoms with Gasteiger partial charge in [-0.25, -0.2) is 9.59 Å². The summed E-state index contributed by atoms with van der Waals surface area (Å²) in [6.45, 7) is 0.738. The molecule has 2 aliphatic heterocycles. The van der Waals surface area contributed by atoms with Crippen LogP contribution in [0.2, 0.25) is 0 Å². The molecule has 1 amide bonds. The fourth-order valence-corrected chi connectivity index (χ4v) is 3.29. The number of nitrogens with zero attached hydrogens (tertiary/aromatic N) is 1. The van der Waals surface area contributed by atoms with Gasteiger partial charge in [0.2, 0.25) is 0 Å². The lowest BCUT2D eigenvalue weighted by Crippen LogP contribution is -2.51. The van der Waals surface area contributed by atoms with Gasteiger partial charge in [0.05, 0.1) is 18.8 Å². The highest BCUT2D eigenvalue weighted by Crippen LogP contribution is 2.44. The summed E-state index contributed by atoms with van der Waals surface area (Å²) < 4.78 is 10.8. The molecule has 0 saturated carbocycles. The van der Waals surface area contributed by atoms with Gasteiger partial charge >= 0.3 is 12.1 Å². The van der Waals surface area contributed by atoms with Crippen molar-refractivity contribution in [1.82, 2.24) is 4.90 Å². The molecule has 2 aliphatic rings. The molecule has 0 radical (unpaired) electrons.